The van der Waals surface area contributed by atoms with Crippen LogP contribution in [0, 0.1) is 0 Å². The Bertz CT molecular complexity index is 525. The van der Waals surface area contributed by atoms with Gasteiger partial charge in [-0.15, -0.1) is 0 Å². The second-order valence-corrected chi connectivity index (χ2v) is 4.64. The Morgan fingerprint density at radius 1 is 0.875 bits per heavy atom. The van der Waals surface area contributed by atoms with Gasteiger partial charge < -0.3 is 10.2 Å². The van der Waals surface area contributed by atoms with Gasteiger partial charge in [-0.1, -0.05) is 37.3 Å². The lowest BCUT2D eigenvalue weighted by Crippen LogP contribution is -2.43. The van der Waals surface area contributed by atoms with Crippen molar-refractivity contribution in [2.75, 3.05) is 0 Å². The molecule has 0 spiro atoms. The predicted molar refractivity (Wildman–Crippen MR) is 70.4 cm³/mol. The number of hydrogen-bond acceptors (Lipinski definition) is 2. The quantitative estimate of drug-likeness (QED) is 0.629. The van der Waals surface area contributed by atoms with E-state index in [2.05, 4.69) is 0 Å². The van der Waals surface area contributed by atoms with E-state index in [1.165, 1.54) is 12.1 Å². The molecule has 0 atom stereocenters. The Morgan fingerprint density at radius 2 is 1.25 bits per heavy atom. The number of halogens is 6. The average Bonchev–Trinajstić information content (AvgIpc) is 2.37. The number of carboxylic acid groups (broad SMARTS) is 2. The highest BCUT2D eigenvalue weighted by Gasteiger charge is 2.46. The van der Waals surface area contributed by atoms with E-state index in [-0.39, 0.29) is 6.42 Å². The number of hydrogen-bond donors (Lipinski definition) is 2. The largest absolute Gasteiger partial charge is 0.480 e. The number of carbonyl (C=O) groups is 2. The fraction of sp³-hybridized carbons (Fsp3) is 0.429. The first-order valence-electron chi connectivity index (χ1n) is 6.42. The van der Waals surface area contributed by atoms with Crippen LogP contribution in [-0.4, -0.2) is 34.5 Å². The lowest BCUT2D eigenvalue weighted by molar-refractivity contribution is -0.232. The Morgan fingerprint density at radius 3 is 1.46 bits per heavy atom. The van der Waals surface area contributed by atoms with E-state index in [0.717, 1.165) is 0 Å². The zero-order valence-corrected chi connectivity index (χ0v) is 12.3. The van der Waals surface area contributed by atoms with Gasteiger partial charge >= 0.3 is 24.3 Å². The molecular formula is C14H14F6O4. The highest BCUT2D eigenvalue weighted by molar-refractivity contribution is 6.04. The van der Waals surface area contributed by atoms with Gasteiger partial charge in [0.15, 0.2) is 5.41 Å². The Labute approximate surface area is 132 Å². The van der Waals surface area contributed by atoms with Gasteiger partial charge in [0.25, 0.3) is 0 Å². The molecule has 0 aliphatic heterocycles. The number of aliphatic carboxylic acids is 2. The van der Waals surface area contributed by atoms with Gasteiger partial charge in [-0.3, -0.25) is 9.59 Å². The van der Waals surface area contributed by atoms with Crippen molar-refractivity contribution in [2.45, 2.75) is 37.5 Å². The maximum atomic E-state index is 11.1. The molecule has 10 heteroatoms. The van der Waals surface area contributed by atoms with Crippen molar-refractivity contribution in [1.82, 2.24) is 0 Å². The number of alkyl halides is 6. The van der Waals surface area contributed by atoms with Crippen LogP contribution in [0.25, 0.3) is 0 Å². The summed E-state index contributed by atoms with van der Waals surface area (Å²) >= 11 is 0. The highest BCUT2D eigenvalue weighted by atomic mass is 19.4. The van der Waals surface area contributed by atoms with Crippen LogP contribution in [-0.2, 0) is 15.0 Å². The molecule has 0 aromatic heterocycles. The van der Waals surface area contributed by atoms with E-state index in [1.54, 1.807) is 25.1 Å². The molecule has 4 nitrogen and oxygen atoms in total. The summed E-state index contributed by atoms with van der Waals surface area (Å²) in [6.07, 6.45) is -13.0. The summed E-state index contributed by atoms with van der Waals surface area (Å²) in [5.41, 5.74) is -1.53. The predicted octanol–water partition coefficient (Wildman–Crippen LogP) is 4.00. The molecule has 0 radical (unpaired) electrons. The van der Waals surface area contributed by atoms with Crippen LogP contribution in [0.2, 0.25) is 0 Å². The molecular weight excluding hydrogens is 346 g/mol. The molecule has 2 N–H and O–H groups in total. The standard InChI is InChI=1S/C11H12O4.C3H2F6/c1-2-11(9(12)13,10(14)15)8-6-4-3-5-7-8;4-2(5,6)1-3(7,8)9/h3-7H,2H2,1H3,(H,12,13)(H,14,15);1H2. The van der Waals surface area contributed by atoms with Crippen LogP contribution in [0.3, 0.4) is 0 Å². The summed E-state index contributed by atoms with van der Waals surface area (Å²) < 4.78 is 65.0. The van der Waals surface area contributed by atoms with Crippen molar-refractivity contribution in [3.8, 4) is 0 Å². The SMILES string of the molecule is CCC(C(=O)O)(C(=O)O)c1ccccc1.FC(F)(F)CC(F)(F)F. The van der Waals surface area contributed by atoms with Crippen molar-refractivity contribution in [2.24, 2.45) is 0 Å². The van der Waals surface area contributed by atoms with Gasteiger partial charge in [0.1, 0.15) is 6.42 Å². The smallest absolute Gasteiger partial charge is 0.397 e. The van der Waals surface area contributed by atoms with E-state index in [9.17, 15) is 35.9 Å². The van der Waals surface area contributed by atoms with Crippen LogP contribution >= 0.6 is 0 Å². The van der Waals surface area contributed by atoms with Crippen LogP contribution in [0.1, 0.15) is 25.3 Å². The second-order valence-electron chi connectivity index (χ2n) is 4.64. The van der Waals surface area contributed by atoms with E-state index in [0.29, 0.717) is 5.56 Å². The summed E-state index contributed by atoms with van der Waals surface area (Å²) in [4.78, 5) is 22.2. The Kier molecular flexibility index (Phi) is 7.27. The second kappa shape index (κ2) is 8.02. The van der Waals surface area contributed by atoms with E-state index < -0.39 is 36.1 Å². The molecule has 0 aliphatic carbocycles. The normalized spacial score (nSPS) is 12.1. The summed E-state index contributed by atoms with van der Waals surface area (Å²) in [5.74, 6) is -2.66. The van der Waals surface area contributed by atoms with Crippen molar-refractivity contribution in [3.05, 3.63) is 35.9 Å². The highest BCUT2D eigenvalue weighted by Crippen LogP contribution is 2.32. The number of rotatable bonds is 4. The summed E-state index contributed by atoms with van der Waals surface area (Å²) in [7, 11) is 0. The minimum absolute atomic E-state index is 0.0156. The molecule has 24 heavy (non-hydrogen) atoms. The van der Waals surface area contributed by atoms with Gasteiger partial charge in [0.2, 0.25) is 0 Å². The zero-order valence-electron chi connectivity index (χ0n) is 12.3. The maximum absolute atomic E-state index is 11.1. The molecule has 0 heterocycles. The van der Waals surface area contributed by atoms with Gasteiger partial charge in [0.05, 0.1) is 0 Å². The average molecular weight is 360 g/mol. The van der Waals surface area contributed by atoms with Gasteiger partial charge in [-0.2, -0.15) is 26.3 Å². The summed E-state index contributed by atoms with van der Waals surface area (Å²) in [5, 5.41) is 18.1. The topological polar surface area (TPSA) is 74.6 Å². The molecule has 0 saturated heterocycles. The van der Waals surface area contributed by atoms with Crippen LogP contribution in [0.4, 0.5) is 26.3 Å². The Hall–Kier alpha value is -2.26. The Balaban J connectivity index is 0.000000506. The number of carboxylic acids is 2. The molecule has 0 unspecified atom stereocenters. The minimum atomic E-state index is -5.14. The molecule has 0 fully saturated rings. The fourth-order valence-electron chi connectivity index (χ4n) is 1.79. The van der Waals surface area contributed by atoms with E-state index in [4.69, 9.17) is 10.2 Å². The third-order valence-corrected chi connectivity index (χ3v) is 2.93. The first kappa shape index (κ1) is 21.7. The first-order chi connectivity index (χ1) is 10.8. The van der Waals surface area contributed by atoms with E-state index in [1.807, 2.05) is 0 Å². The van der Waals surface area contributed by atoms with Crippen LogP contribution in [0.5, 0.6) is 0 Å². The molecule has 136 valence electrons. The molecule has 1 aromatic rings. The molecule has 0 amide bonds. The van der Waals surface area contributed by atoms with Gasteiger partial charge in [-0.05, 0) is 12.0 Å². The molecule has 1 aromatic carbocycles. The molecule has 0 saturated carbocycles. The molecule has 0 bridgehead atoms. The third kappa shape index (κ3) is 6.47. The third-order valence-electron chi connectivity index (χ3n) is 2.93. The van der Waals surface area contributed by atoms with Gasteiger partial charge in [-0.25, -0.2) is 0 Å². The van der Waals surface area contributed by atoms with Crippen molar-refractivity contribution < 1.29 is 46.1 Å². The van der Waals surface area contributed by atoms with Gasteiger partial charge in [0, 0.05) is 0 Å². The minimum Gasteiger partial charge on any atom is -0.480 e. The monoisotopic (exact) mass is 360 g/mol. The lowest BCUT2D eigenvalue weighted by atomic mass is 9.78. The first-order valence-corrected chi connectivity index (χ1v) is 6.42. The summed E-state index contributed by atoms with van der Waals surface area (Å²) in [6.45, 7) is 1.55. The summed E-state index contributed by atoms with van der Waals surface area (Å²) in [6, 6.07) is 8.02. The van der Waals surface area contributed by atoms with Crippen LogP contribution < -0.4 is 0 Å². The van der Waals surface area contributed by atoms with Crippen molar-refractivity contribution in [3.63, 3.8) is 0 Å². The zero-order chi connectivity index (χ0) is 19.2. The lowest BCUT2D eigenvalue weighted by Gasteiger charge is -2.23. The fourth-order valence-corrected chi connectivity index (χ4v) is 1.79. The van der Waals surface area contributed by atoms with E-state index >= 15 is 0 Å². The molecule has 0 aliphatic rings. The maximum Gasteiger partial charge on any atom is 0.397 e. The van der Waals surface area contributed by atoms with Crippen molar-refractivity contribution >= 4 is 11.9 Å². The van der Waals surface area contributed by atoms with Crippen LogP contribution in [0.15, 0.2) is 30.3 Å². The number of benzene rings is 1. The molecule has 1 rings (SSSR count). The van der Waals surface area contributed by atoms with Crippen molar-refractivity contribution in [1.29, 1.82) is 0 Å².